The molecular weight excluding hydrogens is 348 g/mol. The van der Waals surface area contributed by atoms with Gasteiger partial charge in [0.1, 0.15) is 12.0 Å². The van der Waals surface area contributed by atoms with E-state index in [0.717, 1.165) is 33.5 Å². The molecule has 3 aromatic heterocycles. The number of para-hydroxylation sites is 3. The first-order valence-electron chi connectivity index (χ1n) is 8.90. The van der Waals surface area contributed by atoms with E-state index in [1.807, 2.05) is 90.0 Å². The molecule has 0 bridgehead atoms. The fraction of sp³-hybridized carbons (Fsp3) is 0. The van der Waals surface area contributed by atoms with E-state index in [9.17, 15) is 0 Å². The molecule has 3 heterocycles. The molecule has 5 aromatic rings. The van der Waals surface area contributed by atoms with E-state index in [2.05, 4.69) is 15.1 Å². The van der Waals surface area contributed by atoms with Crippen molar-refractivity contribution in [3.8, 4) is 16.9 Å². The van der Waals surface area contributed by atoms with Gasteiger partial charge in [0.2, 0.25) is 0 Å². The minimum atomic E-state index is 0.824. The van der Waals surface area contributed by atoms with E-state index >= 15 is 0 Å². The van der Waals surface area contributed by atoms with Gasteiger partial charge in [-0.05, 0) is 36.4 Å². The normalized spacial score (nSPS) is 11.4. The van der Waals surface area contributed by atoms with Gasteiger partial charge in [-0.1, -0.05) is 30.3 Å². The van der Waals surface area contributed by atoms with E-state index < -0.39 is 0 Å². The van der Waals surface area contributed by atoms with Crippen LogP contribution in [0.1, 0.15) is 5.56 Å². The van der Waals surface area contributed by atoms with Crippen LogP contribution in [0.2, 0.25) is 0 Å². The molecule has 0 aliphatic rings. The molecule has 0 aliphatic heterocycles. The predicted molar refractivity (Wildman–Crippen MR) is 110 cm³/mol. The molecule has 0 spiro atoms. The van der Waals surface area contributed by atoms with Crippen molar-refractivity contribution >= 4 is 17.2 Å². The zero-order chi connectivity index (χ0) is 18.8. The standard InChI is InChI=1S/C22H16N6/c1-2-8-19(9-3-1)27-15-18(22(26-27)17-7-6-12-23-13-17)14-25-28-16-24-20-10-4-5-11-21(20)28/h1-16H/b25-14-. The van der Waals surface area contributed by atoms with Gasteiger partial charge in [-0.2, -0.15) is 10.2 Å². The lowest BCUT2D eigenvalue weighted by atomic mass is 10.1. The third-order valence-corrected chi connectivity index (χ3v) is 4.45. The van der Waals surface area contributed by atoms with Gasteiger partial charge in [0.15, 0.2) is 0 Å². The molecule has 0 saturated carbocycles. The minimum absolute atomic E-state index is 0.824. The lowest BCUT2D eigenvalue weighted by molar-refractivity contribution is 0.884. The Kier molecular flexibility index (Phi) is 3.99. The van der Waals surface area contributed by atoms with Crippen LogP contribution in [-0.4, -0.2) is 30.6 Å². The van der Waals surface area contributed by atoms with E-state index in [1.165, 1.54) is 0 Å². The molecule has 0 N–H and O–H groups in total. The van der Waals surface area contributed by atoms with Gasteiger partial charge in [-0.3, -0.25) is 4.98 Å². The second kappa shape index (κ2) is 6.92. The van der Waals surface area contributed by atoms with Crippen LogP contribution >= 0.6 is 0 Å². The summed E-state index contributed by atoms with van der Waals surface area (Å²) in [5, 5.41) is 9.39. The Bertz CT molecular complexity index is 1250. The van der Waals surface area contributed by atoms with E-state index in [4.69, 9.17) is 5.10 Å². The fourth-order valence-electron chi connectivity index (χ4n) is 3.08. The van der Waals surface area contributed by atoms with Crippen molar-refractivity contribution < 1.29 is 0 Å². The lowest BCUT2D eigenvalue weighted by Crippen LogP contribution is -1.94. The van der Waals surface area contributed by atoms with Gasteiger partial charge >= 0.3 is 0 Å². The van der Waals surface area contributed by atoms with Gasteiger partial charge < -0.3 is 0 Å². The molecule has 6 nitrogen and oxygen atoms in total. The number of hydrogen-bond acceptors (Lipinski definition) is 4. The van der Waals surface area contributed by atoms with Crippen LogP contribution < -0.4 is 0 Å². The lowest BCUT2D eigenvalue weighted by Gasteiger charge is -1.99. The number of nitrogens with zero attached hydrogens (tertiary/aromatic N) is 6. The van der Waals surface area contributed by atoms with Crippen molar-refractivity contribution in [3.05, 3.63) is 97.2 Å². The Labute approximate surface area is 161 Å². The largest absolute Gasteiger partial charge is 0.264 e. The van der Waals surface area contributed by atoms with Gasteiger partial charge in [0, 0.05) is 29.7 Å². The van der Waals surface area contributed by atoms with Crippen molar-refractivity contribution in [2.45, 2.75) is 0 Å². The molecule has 5 rings (SSSR count). The Morgan fingerprint density at radius 1 is 0.893 bits per heavy atom. The summed E-state index contributed by atoms with van der Waals surface area (Å²) in [7, 11) is 0. The van der Waals surface area contributed by atoms with Gasteiger partial charge in [0.25, 0.3) is 0 Å². The minimum Gasteiger partial charge on any atom is -0.264 e. The highest BCUT2D eigenvalue weighted by atomic mass is 15.4. The van der Waals surface area contributed by atoms with Gasteiger partial charge in [-0.25, -0.2) is 14.3 Å². The first kappa shape index (κ1) is 16.1. The maximum atomic E-state index is 4.77. The zero-order valence-corrected chi connectivity index (χ0v) is 14.9. The molecule has 0 atom stereocenters. The van der Waals surface area contributed by atoms with Crippen LogP contribution in [0.3, 0.4) is 0 Å². The average molecular weight is 364 g/mol. The van der Waals surface area contributed by atoms with Gasteiger partial charge in [-0.15, -0.1) is 0 Å². The number of benzene rings is 2. The fourth-order valence-corrected chi connectivity index (χ4v) is 3.08. The first-order valence-corrected chi connectivity index (χ1v) is 8.90. The quantitative estimate of drug-likeness (QED) is 0.450. The van der Waals surface area contributed by atoms with Crippen molar-refractivity contribution in [2.75, 3.05) is 0 Å². The third-order valence-electron chi connectivity index (χ3n) is 4.45. The van der Waals surface area contributed by atoms with Crippen molar-refractivity contribution in [1.82, 2.24) is 24.4 Å². The summed E-state index contributed by atoms with van der Waals surface area (Å²) < 4.78 is 3.62. The Balaban J connectivity index is 1.60. The zero-order valence-electron chi connectivity index (χ0n) is 14.9. The number of hydrogen-bond donors (Lipinski definition) is 0. The summed E-state index contributed by atoms with van der Waals surface area (Å²) in [5.74, 6) is 0. The number of imidazole rings is 1. The Morgan fingerprint density at radius 3 is 2.61 bits per heavy atom. The summed E-state index contributed by atoms with van der Waals surface area (Å²) in [6.07, 6.45) is 9.06. The monoisotopic (exact) mass is 364 g/mol. The Morgan fingerprint density at radius 2 is 1.75 bits per heavy atom. The van der Waals surface area contributed by atoms with Crippen molar-refractivity contribution in [2.24, 2.45) is 5.10 Å². The smallest absolute Gasteiger partial charge is 0.118 e. The van der Waals surface area contributed by atoms with E-state index in [1.54, 1.807) is 17.2 Å². The van der Waals surface area contributed by atoms with Crippen molar-refractivity contribution in [1.29, 1.82) is 0 Å². The molecule has 0 radical (unpaired) electrons. The topological polar surface area (TPSA) is 60.9 Å². The highest BCUT2D eigenvalue weighted by Gasteiger charge is 2.11. The van der Waals surface area contributed by atoms with E-state index in [-0.39, 0.29) is 0 Å². The highest BCUT2D eigenvalue weighted by molar-refractivity contribution is 5.89. The van der Waals surface area contributed by atoms with Crippen LogP contribution in [0.5, 0.6) is 0 Å². The molecule has 0 saturated heterocycles. The first-order chi connectivity index (χ1) is 13.9. The number of fused-ring (bicyclic) bond motifs is 1. The predicted octanol–water partition coefficient (Wildman–Crippen LogP) is 4.17. The molecule has 0 aliphatic carbocycles. The maximum absolute atomic E-state index is 4.77. The molecule has 28 heavy (non-hydrogen) atoms. The third kappa shape index (κ3) is 2.97. The summed E-state index contributed by atoms with van der Waals surface area (Å²) in [4.78, 5) is 8.61. The van der Waals surface area contributed by atoms with Crippen LogP contribution in [0.4, 0.5) is 0 Å². The Hall–Kier alpha value is -4.06. The number of rotatable bonds is 4. The highest BCUT2D eigenvalue weighted by Crippen LogP contribution is 2.22. The molecule has 0 amide bonds. The molecule has 6 heteroatoms. The molecule has 0 unspecified atom stereocenters. The summed E-state index contributed by atoms with van der Waals surface area (Å²) in [6.45, 7) is 0. The van der Waals surface area contributed by atoms with Crippen LogP contribution in [0.25, 0.3) is 28.0 Å². The molecule has 0 fully saturated rings. The second-order valence-corrected chi connectivity index (χ2v) is 6.28. The maximum Gasteiger partial charge on any atom is 0.118 e. The summed E-state index contributed by atoms with van der Waals surface area (Å²) in [6, 6.07) is 21.8. The van der Waals surface area contributed by atoms with Crippen LogP contribution in [0, 0.1) is 0 Å². The number of pyridine rings is 1. The van der Waals surface area contributed by atoms with Gasteiger partial charge in [0.05, 0.1) is 22.9 Å². The second-order valence-electron chi connectivity index (χ2n) is 6.28. The summed E-state index contributed by atoms with van der Waals surface area (Å²) in [5.41, 5.74) is 5.51. The SMILES string of the molecule is C(=N/n1cnc2ccccc21)/c1cn(-c2ccccc2)nc1-c1cccnc1. The van der Waals surface area contributed by atoms with Crippen LogP contribution in [0.15, 0.2) is 96.7 Å². The average Bonchev–Trinajstić information content (AvgIpc) is 3.38. The van der Waals surface area contributed by atoms with Crippen LogP contribution in [-0.2, 0) is 0 Å². The number of aromatic nitrogens is 5. The van der Waals surface area contributed by atoms with Crippen molar-refractivity contribution in [3.63, 3.8) is 0 Å². The summed E-state index contributed by atoms with van der Waals surface area (Å²) >= 11 is 0. The van der Waals surface area contributed by atoms with E-state index in [0.29, 0.717) is 0 Å². The molecular formula is C22H16N6. The molecule has 2 aromatic carbocycles. The molecule has 134 valence electrons.